The Morgan fingerprint density at radius 2 is 2.37 bits per heavy atom. The van der Waals surface area contributed by atoms with Crippen LogP contribution in [0.3, 0.4) is 0 Å². The molecule has 0 aromatic carbocycles. The first-order valence-corrected chi connectivity index (χ1v) is 6.93. The van der Waals surface area contributed by atoms with Gasteiger partial charge in [-0.15, -0.1) is 0 Å². The average Bonchev–Trinajstić information content (AvgIpc) is 2.70. The fraction of sp³-hybridized carbons (Fsp3) is 0.600. The van der Waals surface area contributed by atoms with E-state index in [0.29, 0.717) is 24.0 Å². The van der Waals surface area contributed by atoms with Crippen molar-refractivity contribution in [2.45, 2.75) is 46.1 Å². The lowest BCUT2D eigenvalue weighted by Crippen LogP contribution is -2.32. The number of esters is 1. The molecule has 1 unspecified atom stereocenters. The van der Waals surface area contributed by atoms with E-state index in [2.05, 4.69) is 24.1 Å². The van der Waals surface area contributed by atoms with Gasteiger partial charge in [-0.05, 0) is 37.3 Å². The Morgan fingerprint density at radius 3 is 3.00 bits per heavy atom. The molecule has 4 nitrogen and oxygen atoms in total. The Kier molecular flexibility index (Phi) is 4.08. The maximum absolute atomic E-state index is 11.9. The molecule has 1 aromatic rings. The van der Waals surface area contributed by atoms with Gasteiger partial charge in [0.15, 0.2) is 0 Å². The van der Waals surface area contributed by atoms with E-state index in [1.807, 2.05) is 0 Å². The van der Waals surface area contributed by atoms with Gasteiger partial charge in [0.25, 0.3) is 0 Å². The third kappa shape index (κ3) is 3.06. The van der Waals surface area contributed by atoms with E-state index in [9.17, 15) is 4.79 Å². The van der Waals surface area contributed by atoms with Crippen LogP contribution in [0.2, 0.25) is 0 Å². The fourth-order valence-corrected chi connectivity index (χ4v) is 2.65. The van der Waals surface area contributed by atoms with Gasteiger partial charge in [0.05, 0.1) is 6.61 Å². The number of pyridine rings is 1. The van der Waals surface area contributed by atoms with Gasteiger partial charge in [0.1, 0.15) is 11.4 Å². The van der Waals surface area contributed by atoms with Crippen molar-refractivity contribution in [3.8, 4) is 0 Å². The lowest BCUT2D eigenvalue weighted by molar-refractivity contribution is 0.0527. The molecule has 0 spiro atoms. The van der Waals surface area contributed by atoms with E-state index < -0.39 is 0 Å². The number of anilines is 1. The van der Waals surface area contributed by atoms with Crippen molar-refractivity contribution in [3.05, 3.63) is 23.9 Å². The van der Waals surface area contributed by atoms with Gasteiger partial charge >= 0.3 is 5.97 Å². The SMILES string of the molecule is CCOC(=O)c1cccnc1NC1CCCC1(C)C. The summed E-state index contributed by atoms with van der Waals surface area (Å²) in [4.78, 5) is 16.2. The van der Waals surface area contributed by atoms with E-state index in [0.717, 1.165) is 6.42 Å². The predicted molar refractivity (Wildman–Crippen MR) is 75.2 cm³/mol. The first-order valence-electron chi connectivity index (χ1n) is 6.93. The summed E-state index contributed by atoms with van der Waals surface area (Å²) in [7, 11) is 0. The van der Waals surface area contributed by atoms with Crippen molar-refractivity contribution in [2.75, 3.05) is 11.9 Å². The van der Waals surface area contributed by atoms with E-state index in [-0.39, 0.29) is 11.4 Å². The molecule has 1 aliphatic rings. The summed E-state index contributed by atoms with van der Waals surface area (Å²) in [5, 5.41) is 3.43. The number of rotatable bonds is 4. The predicted octanol–water partition coefficient (Wildman–Crippen LogP) is 3.25. The van der Waals surface area contributed by atoms with Gasteiger partial charge in [0.2, 0.25) is 0 Å². The summed E-state index contributed by atoms with van der Waals surface area (Å²) in [6, 6.07) is 3.88. The molecule has 0 radical (unpaired) electrons. The molecule has 19 heavy (non-hydrogen) atoms. The number of nitrogens with one attached hydrogen (secondary N) is 1. The molecule has 1 heterocycles. The minimum atomic E-state index is -0.311. The molecular weight excluding hydrogens is 240 g/mol. The minimum absolute atomic E-state index is 0.240. The van der Waals surface area contributed by atoms with E-state index in [4.69, 9.17) is 4.74 Å². The summed E-state index contributed by atoms with van der Waals surface area (Å²) in [5.41, 5.74) is 0.760. The van der Waals surface area contributed by atoms with Crippen LogP contribution in [0.25, 0.3) is 0 Å². The Morgan fingerprint density at radius 1 is 1.58 bits per heavy atom. The molecule has 1 N–H and O–H groups in total. The molecule has 1 aromatic heterocycles. The molecule has 1 fully saturated rings. The van der Waals surface area contributed by atoms with Crippen molar-refractivity contribution >= 4 is 11.8 Å². The molecule has 1 atom stereocenters. The third-order valence-electron chi connectivity index (χ3n) is 3.87. The molecule has 4 heteroatoms. The minimum Gasteiger partial charge on any atom is -0.462 e. The van der Waals surface area contributed by atoms with Gasteiger partial charge < -0.3 is 10.1 Å². The molecule has 0 saturated heterocycles. The molecule has 1 aliphatic carbocycles. The van der Waals surface area contributed by atoms with Crippen LogP contribution in [0.15, 0.2) is 18.3 Å². The van der Waals surface area contributed by atoms with Crippen molar-refractivity contribution in [1.29, 1.82) is 0 Å². The molecular formula is C15H22N2O2. The normalized spacial score (nSPS) is 21.1. The summed E-state index contributed by atoms with van der Waals surface area (Å²) in [6.45, 7) is 6.69. The lowest BCUT2D eigenvalue weighted by Gasteiger charge is -2.28. The van der Waals surface area contributed by atoms with Crippen molar-refractivity contribution < 1.29 is 9.53 Å². The Balaban J connectivity index is 2.18. The van der Waals surface area contributed by atoms with Crippen LogP contribution < -0.4 is 5.32 Å². The summed E-state index contributed by atoms with van der Waals surface area (Å²) >= 11 is 0. The first kappa shape index (κ1) is 13.8. The van der Waals surface area contributed by atoms with Crippen molar-refractivity contribution in [1.82, 2.24) is 4.98 Å². The zero-order valence-corrected chi connectivity index (χ0v) is 11.9. The number of ether oxygens (including phenoxy) is 1. The van der Waals surface area contributed by atoms with E-state index in [1.54, 1.807) is 25.3 Å². The second kappa shape index (κ2) is 5.59. The topological polar surface area (TPSA) is 51.2 Å². The van der Waals surface area contributed by atoms with Crippen LogP contribution in [-0.2, 0) is 4.74 Å². The number of carbonyl (C=O) groups excluding carboxylic acids is 1. The second-order valence-electron chi connectivity index (χ2n) is 5.70. The van der Waals surface area contributed by atoms with Crippen molar-refractivity contribution in [3.63, 3.8) is 0 Å². The highest BCUT2D eigenvalue weighted by atomic mass is 16.5. The quantitative estimate of drug-likeness (QED) is 0.846. The third-order valence-corrected chi connectivity index (χ3v) is 3.87. The van der Waals surface area contributed by atoms with Gasteiger partial charge in [-0.3, -0.25) is 0 Å². The summed E-state index contributed by atoms with van der Waals surface area (Å²) in [6.07, 6.45) is 5.23. The van der Waals surface area contributed by atoms with Crippen molar-refractivity contribution in [2.24, 2.45) is 5.41 Å². The van der Waals surface area contributed by atoms with Gasteiger partial charge in [-0.2, -0.15) is 0 Å². The number of nitrogens with zero attached hydrogens (tertiary/aromatic N) is 1. The largest absolute Gasteiger partial charge is 0.462 e. The van der Waals surface area contributed by atoms with Gasteiger partial charge in [0, 0.05) is 12.2 Å². The highest BCUT2D eigenvalue weighted by molar-refractivity contribution is 5.94. The first-order chi connectivity index (χ1) is 9.04. The standard InChI is InChI=1S/C15H22N2O2/c1-4-19-14(18)11-7-6-10-16-13(11)17-12-8-5-9-15(12,2)3/h6-7,10,12H,4-5,8-9H2,1-3H3,(H,16,17). The fourth-order valence-electron chi connectivity index (χ4n) is 2.65. The summed E-state index contributed by atoms with van der Waals surface area (Å²) < 4.78 is 5.07. The molecule has 0 aliphatic heterocycles. The van der Waals surface area contributed by atoms with Crippen LogP contribution in [0.1, 0.15) is 50.4 Å². The van der Waals surface area contributed by atoms with E-state index in [1.165, 1.54) is 12.8 Å². The highest BCUT2D eigenvalue weighted by Crippen LogP contribution is 2.39. The van der Waals surface area contributed by atoms with Crippen LogP contribution in [0.4, 0.5) is 5.82 Å². The zero-order valence-electron chi connectivity index (χ0n) is 11.9. The number of hydrogen-bond acceptors (Lipinski definition) is 4. The highest BCUT2D eigenvalue weighted by Gasteiger charge is 2.35. The lowest BCUT2D eigenvalue weighted by atomic mass is 9.87. The number of carbonyl (C=O) groups is 1. The molecule has 104 valence electrons. The maximum atomic E-state index is 11.9. The van der Waals surface area contributed by atoms with Crippen LogP contribution in [-0.4, -0.2) is 23.6 Å². The molecule has 0 bridgehead atoms. The molecule has 2 rings (SSSR count). The number of aromatic nitrogens is 1. The Bertz CT molecular complexity index is 457. The van der Waals surface area contributed by atoms with Gasteiger partial charge in [-0.25, -0.2) is 9.78 Å². The average molecular weight is 262 g/mol. The van der Waals surface area contributed by atoms with Crippen LogP contribution >= 0.6 is 0 Å². The van der Waals surface area contributed by atoms with Crippen LogP contribution in [0.5, 0.6) is 0 Å². The molecule has 0 amide bonds. The smallest absolute Gasteiger partial charge is 0.341 e. The monoisotopic (exact) mass is 262 g/mol. The summed E-state index contributed by atoms with van der Waals surface area (Å²) in [5.74, 6) is 0.329. The molecule has 1 saturated carbocycles. The number of hydrogen-bond donors (Lipinski definition) is 1. The second-order valence-corrected chi connectivity index (χ2v) is 5.70. The Labute approximate surface area is 114 Å². The Hall–Kier alpha value is -1.58. The maximum Gasteiger partial charge on any atom is 0.341 e. The zero-order chi connectivity index (χ0) is 13.9. The van der Waals surface area contributed by atoms with Crippen LogP contribution in [0, 0.1) is 5.41 Å². The van der Waals surface area contributed by atoms with Gasteiger partial charge in [-0.1, -0.05) is 20.3 Å². The van der Waals surface area contributed by atoms with E-state index >= 15 is 0 Å².